The molecule has 0 aliphatic carbocycles. The number of aliphatic hydroxyl groups excluding tert-OH is 4. The lowest BCUT2D eigenvalue weighted by Crippen LogP contribution is -2.72. The molecule has 2 heterocycles. The highest BCUT2D eigenvalue weighted by atomic mass is 16.7. The minimum atomic E-state index is -2.69. The monoisotopic (exact) mass is 590 g/mol. The maximum atomic E-state index is 13.1. The van der Waals surface area contributed by atoms with Crippen molar-refractivity contribution in [3.8, 4) is 22.6 Å². The number of carboxylic acid groups (broad SMARTS) is 1. The van der Waals surface area contributed by atoms with E-state index in [0.717, 1.165) is 0 Å². The van der Waals surface area contributed by atoms with E-state index < -0.39 is 61.3 Å². The topological polar surface area (TPSA) is 234 Å². The lowest BCUT2D eigenvalue weighted by Gasteiger charge is -2.49. The van der Waals surface area contributed by atoms with Gasteiger partial charge in [-0.1, -0.05) is 12.1 Å². The van der Waals surface area contributed by atoms with Crippen LogP contribution >= 0.6 is 0 Å². The first-order valence-electron chi connectivity index (χ1n) is 12.9. The SMILES string of the molecule is O=C(O)CC(=O)OC[C@@H]1O[C@@H](Oc2ccc3c(=O)c(-c4ccc(O)cc4)coc3c2)[C@@H](O)[C@@](O)([C@H](O)CCCO)[C@H]1O. The van der Waals surface area contributed by atoms with Gasteiger partial charge in [-0.05, 0) is 42.7 Å². The zero-order valence-electron chi connectivity index (χ0n) is 22.0. The number of phenolic OH excluding ortho intramolecular Hbond substituents is 1. The van der Waals surface area contributed by atoms with Gasteiger partial charge in [0.2, 0.25) is 6.29 Å². The molecule has 226 valence electrons. The van der Waals surface area contributed by atoms with Crippen molar-refractivity contribution in [3.05, 3.63) is 59.0 Å². The second-order valence-electron chi connectivity index (χ2n) is 9.76. The van der Waals surface area contributed by atoms with Crippen molar-refractivity contribution in [1.82, 2.24) is 0 Å². The lowest BCUT2D eigenvalue weighted by atomic mass is 9.78. The average molecular weight is 591 g/mol. The summed E-state index contributed by atoms with van der Waals surface area (Å²) in [6.45, 7) is -1.12. The Balaban J connectivity index is 1.61. The molecule has 14 nitrogen and oxygen atoms in total. The average Bonchev–Trinajstić information content (AvgIpc) is 2.96. The fourth-order valence-electron chi connectivity index (χ4n) is 4.65. The second kappa shape index (κ2) is 12.9. The van der Waals surface area contributed by atoms with Crippen LogP contribution in [-0.2, 0) is 19.1 Å². The zero-order chi connectivity index (χ0) is 30.6. The van der Waals surface area contributed by atoms with Crippen LogP contribution in [0.4, 0.5) is 0 Å². The third-order valence-electron chi connectivity index (χ3n) is 6.92. The van der Waals surface area contributed by atoms with Gasteiger partial charge in [-0.2, -0.15) is 0 Å². The summed E-state index contributed by atoms with van der Waals surface area (Å²) < 4.78 is 21.7. The summed E-state index contributed by atoms with van der Waals surface area (Å²) in [5.41, 5.74) is -2.24. The lowest BCUT2D eigenvalue weighted by molar-refractivity contribution is -0.333. The first-order valence-corrected chi connectivity index (χ1v) is 12.9. The first-order chi connectivity index (χ1) is 19.9. The summed E-state index contributed by atoms with van der Waals surface area (Å²) in [6, 6.07) is 9.98. The Hall–Kier alpha value is -4.05. The number of benzene rings is 2. The molecule has 6 atom stereocenters. The van der Waals surface area contributed by atoms with E-state index in [4.69, 9.17) is 28.8 Å². The number of aromatic hydroxyl groups is 1. The number of hydrogen-bond acceptors (Lipinski definition) is 13. The second-order valence-corrected chi connectivity index (χ2v) is 9.76. The molecule has 0 saturated carbocycles. The smallest absolute Gasteiger partial charge is 0.317 e. The van der Waals surface area contributed by atoms with Gasteiger partial charge >= 0.3 is 11.9 Å². The molecule has 14 heteroatoms. The summed E-state index contributed by atoms with van der Waals surface area (Å²) >= 11 is 0. The number of carboxylic acids is 1. The quantitative estimate of drug-likeness (QED) is 0.114. The molecule has 1 aliphatic heterocycles. The molecular weight excluding hydrogens is 560 g/mol. The molecule has 0 radical (unpaired) electrons. The minimum absolute atomic E-state index is 0.00337. The van der Waals surface area contributed by atoms with Gasteiger partial charge in [0.25, 0.3) is 0 Å². The van der Waals surface area contributed by atoms with E-state index in [1.54, 1.807) is 12.1 Å². The van der Waals surface area contributed by atoms with Crippen LogP contribution in [0.5, 0.6) is 11.5 Å². The first kappa shape index (κ1) is 30.9. The van der Waals surface area contributed by atoms with Crippen molar-refractivity contribution in [2.75, 3.05) is 13.2 Å². The van der Waals surface area contributed by atoms with Gasteiger partial charge in [0.05, 0.1) is 17.1 Å². The zero-order valence-corrected chi connectivity index (χ0v) is 22.0. The van der Waals surface area contributed by atoms with Crippen LogP contribution in [0.2, 0.25) is 0 Å². The van der Waals surface area contributed by atoms with Gasteiger partial charge < -0.3 is 54.4 Å². The fourth-order valence-corrected chi connectivity index (χ4v) is 4.65. The summed E-state index contributed by atoms with van der Waals surface area (Å²) in [5, 5.41) is 71.4. The van der Waals surface area contributed by atoms with E-state index in [-0.39, 0.29) is 52.9 Å². The number of carbonyl (C=O) groups excluding carboxylic acids is 1. The Morgan fingerprint density at radius 3 is 2.45 bits per heavy atom. The summed E-state index contributed by atoms with van der Waals surface area (Å²) in [6.07, 6.45) is -9.27. The predicted molar refractivity (Wildman–Crippen MR) is 141 cm³/mol. The van der Waals surface area contributed by atoms with E-state index in [0.29, 0.717) is 5.56 Å². The molecular formula is C28H30O14. The molecule has 42 heavy (non-hydrogen) atoms. The summed E-state index contributed by atoms with van der Waals surface area (Å²) in [7, 11) is 0. The largest absolute Gasteiger partial charge is 0.508 e. The Kier molecular flexibility index (Phi) is 9.46. The molecule has 0 amide bonds. The highest BCUT2D eigenvalue weighted by Crippen LogP contribution is 2.36. The van der Waals surface area contributed by atoms with Crippen LogP contribution in [0.3, 0.4) is 0 Å². The van der Waals surface area contributed by atoms with Crippen LogP contribution in [0.1, 0.15) is 19.3 Å². The number of aliphatic carboxylic acids is 1. The van der Waals surface area contributed by atoms with Gasteiger partial charge in [-0.15, -0.1) is 0 Å². The van der Waals surface area contributed by atoms with Crippen LogP contribution in [0.15, 0.2) is 57.9 Å². The number of hydrogen-bond donors (Lipinski definition) is 7. The van der Waals surface area contributed by atoms with Crippen molar-refractivity contribution < 1.29 is 64.0 Å². The van der Waals surface area contributed by atoms with Crippen LogP contribution in [-0.4, -0.2) is 97.2 Å². The summed E-state index contributed by atoms with van der Waals surface area (Å²) in [4.78, 5) is 35.6. The Labute approximate surface area is 237 Å². The Morgan fingerprint density at radius 1 is 1.07 bits per heavy atom. The van der Waals surface area contributed by atoms with E-state index in [1.165, 1.54) is 36.6 Å². The molecule has 2 aromatic carbocycles. The molecule has 4 rings (SSSR count). The number of rotatable bonds is 11. The van der Waals surface area contributed by atoms with E-state index in [9.17, 15) is 39.9 Å². The van der Waals surface area contributed by atoms with Crippen molar-refractivity contribution >= 4 is 22.9 Å². The molecule has 7 N–H and O–H groups in total. The molecule has 1 aromatic heterocycles. The van der Waals surface area contributed by atoms with E-state index >= 15 is 0 Å². The van der Waals surface area contributed by atoms with E-state index in [1.807, 2.05) is 0 Å². The van der Waals surface area contributed by atoms with Crippen molar-refractivity contribution in [2.24, 2.45) is 0 Å². The van der Waals surface area contributed by atoms with Crippen LogP contribution < -0.4 is 10.2 Å². The number of carbonyl (C=O) groups is 2. The predicted octanol–water partition coefficient (Wildman–Crippen LogP) is -0.127. The molecule has 0 bridgehead atoms. The maximum absolute atomic E-state index is 13.1. The van der Waals surface area contributed by atoms with Gasteiger partial charge in [-0.25, -0.2) is 0 Å². The van der Waals surface area contributed by atoms with Crippen molar-refractivity contribution in [3.63, 3.8) is 0 Å². The summed E-state index contributed by atoms with van der Waals surface area (Å²) in [5.74, 6) is -2.62. The van der Waals surface area contributed by atoms with Gasteiger partial charge in [-0.3, -0.25) is 14.4 Å². The van der Waals surface area contributed by atoms with Crippen LogP contribution in [0, 0.1) is 0 Å². The molecule has 1 aliphatic rings. The number of phenols is 1. The highest BCUT2D eigenvalue weighted by molar-refractivity contribution is 5.90. The standard InChI is InChI=1S/C28H30O14/c29-9-1-2-21(31)28(38)25(36)20(13-40-23(34)11-22(32)33)42-27(26(28)37)41-16-7-8-17-19(10-16)39-12-18(24(17)35)14-3-5-15(30)6-4-14/h3-8,10,12,20-21,25-27,29-31,36-38H,1-2,9,11,13H2,(H,32,33)/t20-,21+,25-,26+,27+,28+/m0/s1. The van der Waals surface area contributed by atoms with Gasteiger partial charge in [0, 0.05) is 12.7 Å². The minimum Gasteiger partial charge on any atom is -0.508 e. The van der Waals surface area contributed by atoms with Crippen LogP contribution in [0.25, 0.3) is 22.1 Å². The Morgan fingerprint density at radius 2 is 1.79 bits per heavy atom. The molecule has 0 spiro atoms. The normalized spacial score (nSPS) is 24.7. The molecule has 3 aromatic rings. The third kappa shape index (κ3) is 6.38. The van der Waals surface area contributed by atoms with Crippen molar-refractivity contribution in [1.29, 1.82) is 0 Å². The van der Waals surface area contributed by atoms with Gasteiger partial charge in [0.1, 0.15) is 54.7 Å². The number of fused-ring (bicyclic) bond motifs is 1. The molecule has 0 unspecified atom stereocenters. The molecule has 1 saturated heterocycles. The number of aliphatic hydroxyl groups is 5. The highest BCUT2D eigenvalue weighted by Gasteiger charge is 2.59. The maximum Gasteiger partial charge on any atom is 0.317 e. The fraction of sp³-hybridized carbons (Fsp3) is 0.393. The van der Waals surface area contributed by atoms with E-state index in [2.05, 4.69) is 0 Å². The molecule has 1 fully saturated rings. The third-order valence-corrected chi connectivity index (χ3v) is 6.92. The van der Waals surface area contributed by atoms with Gasteiger partial charge in [0.15, 0.2) is 11.0 Å². The van der Waals surface area contributed by atoms with Crippen molar-refractivity contribution in [2.45, 2.75) is 55.6 Å². The number of ether oxygens (including phenoxy) is 3. The number of esters is 1. The Bertz CT molecular complexity index is 1470.